The van der Waals surface area contributed by atoms with Crippen molar-refractivity contribution in [1.82, 2.24) is 0 Å². The third-order valence-corrected chi connectivity index (χ3v) is 5.37. The van der Waals surface area contributed by atoms with Crippen LogP contribution in [0.2, 0.25) is 0 Å². The second-order valence-electron chi connectivity index (χ2n) is 5.14. The molecule has 3 aromatic rings. The Hall–Kier alpha value is -3.10. The third kappa shape index (κ3) is 5.79. The van der Waals surface area contributed by atoms with Gasteiger partial charge < -0.3 is 0 Å². The molecular formula is C24H15As. The van der Waals surface area contributed by atoms with Crippen LogP contribution >= 0.6 is 0 Å². The average molecular weight is 378 g/mol. The zero-order valence-corrected chi connectivity index (χ0v) is 15.5. The molecule has 0 spiro atoms. The Morgan fingerprint density at radius 1 is 0.400 bits per heavy atom. The summed E-state index contributed by atoms with van der Waals surface area (Å²) in [4.78, 5) is 0. The first-order valence-corrected chi connectivity index (χ1v) is 10.7. The maximum atomic E-state index is 3.33. The number of hydrogen-bond donors (Lipinski definition) is 0. The summed E-state index contributed by atoms with van der Waals surface area (Å²) in [7, 11) is 0. The summed E-state index contributed by atoms with van der Waals surface area (Å²) < 4.78 is 9.98. The molecule has 0 unspecified atom stereocenters. The minimum absolute atomic E-state index is 1.00. The molecule has 0 N–H and O–H groups in total. The fourth-order valence-electron chi connectivity index (χ4n) is 2.01. The van der Waals surface area contributed by atoms with E-state index < -0.39 is 14.7 Å². The summed E-state index contributed by atoms with van der Waals surface area (Å²) in [6.45, 7) is 0. The first-order valence-electron chi connectivity index (χ1n) is 7.90. The van der Waals surface area contributed by atoms with Crippen molar-refractivity contribution in [2.24, 2.45) is 0 Å². The maximum absolute atomic E-state index is 3.33. The molecule has 0 aromatic heterocycles. The second-order valence-corrected chi connectivity index (χ2v) is 7.96. The van der Waals surface area contributed by atoms with Crippen LogP contribution < -0.4 is 0 Å². The Kier molecular flexibility index (Phi) is 6.20. The quantitative estimate of drug-likeness (QED) is 0.405. The Morgan fingerprint density at radius 2 is 0.680 bits per heavy atom. The van der Waals surface area contributed by atoms with Crippen LogP contribution in [-0.2, 0) is 0 Å². The Morgan fingerprint density at radius 3 is 0.960 bits per heavy atom. The van der Waals surface area contributed by atoms with Gasteiger partial charge in [0.15, 0.2) is 0 Å². The topological polar surface area (TPSA) is 0 Å². The molecule has 116 valence electrons. The molecule has 0 radical (unpaired) electrons. The normalized spacial score (nSPS) is 9.00. The molecule has 0 bridgehead atoms. The van der Waals surface area contributed by atoms with Gasteiger partial charge in [-0.25, -0.2) is 0 Å². The van der Waals surface area contributed by atoms with Gasteiger partial charge in [0.25, 0.3) is 0 Å². The number of rotatable bonds is 0. The second kappa shape index (κ2) is 9.26. The predicted molar refractivity (Wildman–Crippen MR) is 106 cm³/mol. The van der Waals surface area contributed by atoms with Gasteiger partial charge in [0.1, 0.15) is 0 Å². The summed E-state index contributed by atoms with van der Waals surface area (Å²) >= 11 is -1.90. The fraction of sp³-hybridized carbons (Fsp3) is 0. The molecule has 3 aromatic carbocycles. The van der Waals surface area contributed by atoms with Crippen LogP contribution in [0.4, 0.5) is 0 Å². The molecule has 0 atom stereocenters. The summed E-state index contributed by atoms with van der Waals surface area (Å²) in [5.41, 5.74) is 3.01. The molecule has 0 saturated heterocycles. The van der Waals surface area contributed by atoms with E-state index in [2.05, 4.69) is 31.9 Å². The summed E-state index contributed by atoms with van der Waals surface area (Å²) in [6, 6.07) is 30.0. The molecule has 0 heterocycles. The third-order valence-electron chi connectivity index (χ3n) is 3.26. The van der Waals surface area contributed by atoms with E-state index in [1.165, 1.54) is 0 Å². The van der Waals surface area contributed by atoms with Crippen molar-refractivity contribution in [1.29, 1.82) is 0 Å². The van der Waals surface area contributed by atoms with Gasteiger partial charge in [-0.05, 0) is 0 Å². The van der Waals surface area contributed by atoms with Gasteiger partial charge in [0.05, 0.1) is 0 Å². The first-order chi connectivity index (χ1) is 12.4. The van der Waals surface area contributed by atoms with Gasteiger partial charge in [0, 0.05) is 0 Å². The zero-order chi connectivity index (χ0) is 17.2. The minimum atomic E-state index is -1.90. The molecular weight excluding hydrogens is 363 g/mol. The summed E-state index contributed by atoms with van der Waals surface area (Å²) in [5, 5.41) is 0. The SMILES string of the molecule is C(#C[As](C#Cc1ccccc1)C#Cc1ccccc1)c1ccccc1. The van der Waals surface area contributed by atoms with E-state index in [0.717, 1.165) is 16.7 Å². The predicted octanol–water partition coefficient (Wildman–Crippen LogP) is 4.25. The van der Waals surface area contributed by atoms with Crippen molar-refractivity contribution >= 4 is 14.7 Å². The monoisotopic (exact) mass is 378 g/mol. The average Bonchev–Trinajstić information content (AvgIpc) is 2.70. The molecule has 3 rings (SSSR count). The van der Waals surface area contributed by atoms with Gasteiger partial charge in [-0.1, -0.05) is 0 Å². The van der Waals surface area contributed by atoms with Crippen LogP contribution in [0.3, 0.4) is 0 Å². The van der Waals surface area contributed by atoms with Crippen LogP contribution in [0.5, 0.6) is 0 Å². The Bertz CT molecular complexity index is 850. The van der Waals surface area contributed by atoms with Gasteiger partial charge in [-0.15, -0.1) is 0 Å². The molecule has 1 heteroatoms. The first kappa shape index (κ1) is 16.7. The van der Waals surface area contributed by atoms with Crippen LogP contribution in [0.15, 0.2) is 91.0 Å². The van der Waals surface area contributed by atoms with E-state index in [-0.39, 0.29) is 0 Å². The van der Waals surface area contributed by atoms with Crippen molar-refractivity contribution in [2.75, 3.05) is 0 Å². The summed E-state index contributed by atoms with van der Waals surface area (Å²) in [6.07, 6.45) is 0. The zero-order valence-electron chi connectivity index (χ0n) is 13.6. The molecule has 0 aliphatic heterocycles. The van der Waals surface area contributed by atoms with Gasteiger partial charge in [-0.3, -0.25) is 0 Å². The molecule has 0 aliphatic rings. The van der Waals surface area contributed by atoms with Crippen molar-refractivity contribution < 1.29 is 0 Å². The van der Waals surface area contributed by atoms with Crippen LogP contribution in [0, 0.1) is 31.9 Å². The van der Waals surface area contributed by atoms with Gasteiger partial charge in [0.2, 0.25) is 0 Å². The van der Waals surface area contributed by atoms with Crippen LogP contribution in [0.1, 0.15) is 16.7 Å². The van der Waals surface area contributed by atoms with Crippen molar-refractivity contribution in [2.45, 2.75) is 0 Å². The number of hydrogen-bond acceptors (Lipinski definition) is 0. The van der Waals surface area contributed by atoms with Crippen molar-refractivity contribution in [3.8, 4) is 31.9 Å². The summed E-state index contributed by atoms with van der Waals surface area (Å²) in [5.74, 6) is 9.68. The van der Waals surface area contributed by atoms with E-state index in [0.29, 0.717) is 0 Å². The van der Waals surface area contributed by atoms with Gasteiger partial charge >= 0.3 is 154 Å². The molecule has 25 heavy (non-hydrogen) atoms. The van der Waals surface area contributed by atoms with E-state index in [1.807, 2.05) is 91.0 Å². The van der Waals surface area contributed by atoms with Crippen molar-refractivity contribution in [3.05, 3.63) is 108 Å². The number of benzene rings is 3. The van der Waals surface area contributed by atoms with Gasteiger partial charge in [-0.2, -0.15) is 0 Å². The van der Waals surface area contributed by atoms with E-state index in [1.54, 1.807) is 0 Å². The Labute approximate surface area is 154 Å². The van der Waals surface area contributed by atoms with Crippen LogP contribution in [0.25, 0.3) is 0 Å². The van der Waals surface area contributed by atoms with E-state index >= 15 is 0 Å². The van der Waals surface area contributed by atoms with Crippen molar-refractivity contribution in [3.63, 3.8) is 0 Å². The fourth-order valence-corrected chi connectivity index (χ4v) is 3.88. The molecule has 0 fully saturated rings. The Balaban J connectivity index is 1.88. The van der Waals surface area contributed by atoms with E-state index in [4.69, 9.17) is 0 Å². The molecule has 0 amide bonds. The molecule has 0 saturated carbocycles. The van der Waals surface area contributed by atoms with E-state index in [9.17, 15) is 0 Å². The standard InChI is InChI=1S/C24H15As/c1-4-10-22(11-5-1)16-19-25(20-17-23-12-6-2-7-13-23)21-18-24-14-8-3-9-15-24/h1-15H. The van der Waals surface area contributed by atoms with Crippen LogP contribution in [-0.4, -0.2) is 14.7 Å². The molecule has 0 aliphatic carbocycles. The molecule has 0 nitrogen and oxygen atoms in total.